The first kappa shape index (κ1) is 15.7. The van der Waals surface area contributed by atoms with Crippen molar-refractivity contribution >= 4 is 10.0 Å². The second-order valence-electron chi connectivity index (χ2n) is 4.62. The van der Waals surface area contributed by atoms with Crippen molar-refractivity contribution in [2.75, 3.05) is 6.54 Å². The van der Waals surface area contributed by atoms with Gasteiger partial charge in [0, 0.05) is 6.54 Å². The topological polar surface area (TPSA) is 70.0 Å². The lowest BCUT2D eigenvalue weighted by Gasteiger charge is -2.14. The van der Waals surface area contributed by atoms with Gasteiger partial charge in [-0.25, -0.2) is 13.1 Å². The molecule has 0 spiro atoms. The van der Waals surface area contributed by atoms with Crippen LogP contribution in [0.1, 0.15) is 37.8 Å². The van der Waals surface area contributed by atoms with Crippen LogP contribution in [0, 0.1) is 24.2 Å². The van der Waals surface area contributed by atoms with Crippen molar-refractivity contribution in [3.05, 3.63) is 29.3 Å². The minimum Gasteiger partial charge on any atom is -0.211 e. The van der Waals surface area contributed by atoms with Gasteiger partial charge in [-0.05, 0) is 36.6 Å². The van der Waals surface area contributed by atoms with E-state index in [9.17, 15) is 8.42 Å². The van der Waals surface area contributed by atoms with Gasteiger partial charge >= 0.3 is 0 Å². The van der Waals surface area contributed by atoms with Gasteiger partial charge in [-0.3, -0.25) is 0 Å². The van der Waals surface area contributed by atoms with Crippen molar-refractivity contribution in [3.63, 3.8) is 0 Å². The lowest BCUT2D eigenvalue weighted by molar-refractivity contribution is 0.479. The Morgan fingerprint density at radius 3 is 2.42 bits per heavy atom. The molecule has 1 aromatic carbocycles. The van der Waals surface area contributed by atoms with E-state index in [0.717, 1.165) is 12.8 Å². The Hall–Kier alpha value is -1.38. The summed E-state index contributed by atoms with van der Waals surface area (Å²) in [4.78, 5) is 0.218. The van der Waals surface area contributed by atoms with E-state index >= 15 is 0 Å². The number of sulfonamides is 1. The maximum atomic E-state index is 12.1. The summed E-state index contributed by atoms with van der Waals surface area (Å²) in [5.74, 6) is 0.356. The molecule has 0 atom stereocenters. The van der Waals surface area contributed by atoms with Gasteiger partial charge in [0.15, 0.2) is 0 Å². The van der Waals surface area contributed by atoms with Gasteiger partial charge in [-0.15, -0.1) is 0 Å². The van der Waals surface area contributed by atoms with E-state index < -0.39 is 10.0 Å². The van der Waals surface area contributed by atoms with E-state index in [1.165, 1.54) is 12.1 Å². The van der Waals surface area contributed by atoms with E-state index in [2.05, 4.69) is 4.72 Å². The fourth-order valence-electron chi connectivity index (χ4n) is 1.82. The number of benzene rings is 1. The third-order valence-electron chi connectivity index (χ3n) is 3.35. The van der Waals surface area contributed by atoms with Crippen LogP contribution in [-0.2, 0) is 10.0 Å². The molecule has 0 aromatic heterocycles. The monoisotopic (exact) mass is 280 g/mol. The fourth-order valence-corrected chi connectivity index (χ4v) is 3.02. The standard InChI is InChI=1S/C14H20N2O2S/c1-4-12(5-2)10-16-19(17,18)14-7-6-13(9-15)11(3)8-14/h6-8,12,16H,4-5,10H2,1-3H3. The Morgan fingerprint density at radius 2 is 1.95 bits per heavy atom. The first-order valence-electron chi connectivity index (χ1n) is 6.45. The van der Waals surface area contributed by atoms with Crippen LogP contribution in [0.3, 0.4) is 0 Å². The summed E-state index contributed by atoms with van der Waals surface area (Å²) in [6, 6.07) is 6.58. The van der Waals surface area contributed by atoms with Crippen molar-refractivity contribution < 1.29 is 8.42 Å². The molecule has 0 radical (unpaired) electrons. The van der Waals surface area contributed by atoms with Crippen LogP contribution in [0.15, 0.2) is 23.1 Å². The molecule has 0 aliphatic carbocycles. The number of rotatable bonds is 6. The Balaban J connectivity index is 2.89. The van der Waals surface area contributed by atoms with Gasteiger partial charge in [-0.1, -0.05) is 26.7 Å². The molecule has 5 heteroatoms. The minimum absolute atomic E-state index is 0.218. The van der Waals surface area contributed by atoms with Crippen molar-refractivity contribution in [1.29, 1.82) is 5.26 Å². The Labute approximate surface area is 115 Å². The lowest BCUT2D eigenvalue weighted by Crippen LogP contribution is -2.29. The van der Waals surface area contributed by atoms with E-state index in [4.69, 9.17) is 5.26 Å². The lowest BCUT2D eigenvalue weighted by atomic mass is 10.0. The van der Waals surface area contributed by atoms with Gasteiger partial charge in [-0.2, -0.15) is 5.26 Å². The van der Waals surface area contributed by atoms with E-state index in [0.29, 0.717) is 23.6 Å². The average Bonchev–Trinajstić information content (AvgIpc) is 2.39. The summed E-state index contributed by atoms with van der Waals surface area (Å²) in [5.41, 5.74) is 1.17. The Morgan fingerprint density at radius 1 is 1.32 bits per heavy atom. The van der Waals surface area contributed by atoms with Crippen LogP contribution in [0.25, 0.3) is 0 Å². The largest absolute Gasteiger partial charge is 0.240 e. The smallest absolute Gasteiger partial charge is 0.211 e. The number of nitrogens with one attached hydrogen (secondary N) is 1. The summed E-state index contributed by atoms with van der Waals surface area (Å²) >= 11 is 0. The van der Waals surface area contributed by atoms with Crippen molar-refractivity contribution in [2.45, 2.75) is 38.5 Å². The molecule has 0 aliphatic rings. The van der Waals surface area contributed by atoms with Gasteiger partial charge < -0.3 is 0 Å². The molecule has 4 nitrogen and oxygen atoms in total. The molecule has 0 saturated heterocycles. The van der Waals surface area contributed by atoms with Gasteiger partial charge in [0.2, 0.25) is 10.0 Å². The van der Waals surface area contributed by atoms with Crippen molar-refractivity contribution in [1.82, 2.24) is 4.72 Å². The zero-order valence-corrected chi connectivity index (χ0v) is 12.4. The molecule has 0 unspecified atom stereocenters. The predicted molar refractivity (Wildman–Crippen MR) is 75.2 cm³/mol. The summed E-state index contributed by atoms with van der Waals surface area (Å²) in [5, 5.41) is 8.84. The van der Waals surface area contributed by atoms with E-state index in [1.807, 2.05) is 19.9 Å². The minimum atomic E-state index is -3.48. The number of hydrogen-bond acceptors (Lipinski definition) is 3. The zero-order valence-electron chi connectivity index (χ0n) is 11.6. The number of nitriles is 1. The molecule has 0 saturated carbocycles. The molecule has 1 N–H and O–H groups in total. The van der Waals surface area contributed by atoms with Crippen LogP contribution in [0.2, 0.25) is 0 Å². The third-order valence-corrected chi connectivity index (χ3v) is 4.77. The van der Waals surface area contributed by atoms with Crippen LogP contribution < -0.4 is 4.72 Å². The van der Waals surface area contributed by atoms with E-state index in [1.54, 1.807) is 13.0 Å². The number of nitrogens with zero attached hydrogens (tertiary/aromatic N) is 1. The molecule has 0 fully saturated rings. The Bertz CT molecular complexity index is 570. The fraction of sp³-hybridized carbons (Fsp3) is 0.500. The maximum Gasteiger partial charge on any atom is 0.240 e. The number of hydrogen-bond donors (Lipinski definition) is 1. The second kappa shape index (κ2) is 6.69. The normalized spacial score (nSPS) is 11.5. The third kappa shape index (κ3) is 4.05. The van der Waals surface area contributed by atoms with Crippen molar-refractivity contribution in [2.24, 2.45) is 5.92 Å². The molecular weight excluding hydrogens is 260 g/mol. The zero-order chi connectivity index (χ0) is 14.5. The highest BCUT2D eigenvalue weighted by Crippen LogP contribution is 2.15. The molecule has 104 valence electrons. The molecule has 1 aromatic rings. The average molecular weight is 280 g/mol. The maximum absolute atomic E-state index is 12.1. The summed E-state index contributed by atoms with van der Waals surface area (Å²) < 4.78 is 26.9. The molecule has 0 bridgehead atoms. The van der Waals surface area contributed by atoms with Crippen LogP contribution in [0.5, 0.6) is 0 Å². The van der Waals surface area contributed by atoms with Crippen molar-refractivity contribution in [3.8, 4) is 6.07 Å². The molecular formula is C14H20N2O2S. The molecule has 0 amide bonds. The predicted octanol–water partition coefficient (Wildman–Crippen LogP) is 2.58. The summed E-state index contributed by atoms with van der Waals surface area (Å²) in [6.07, 6.45) is 1.90. The summed E-state index contributed by atoms with van der Waals surface area (Å²) in [6.45, 7) is 6.29. The van der Waals surface area contributed by atoms with Crippen LogP contribution >= 0.6 is 0 Å². The SMILES string of the molecule is CCC(CC)CNS(=O)(=O)c1ccc(C#N)c(C)c1. The molecule has 0 heterocycles. The quantitative estimate of drug-likeness (QED) is 0.870. The Kier molecular flexibility index (Phi) is 5.52. The van der Waals surface area contributed by atoms with Crippen LogP contribution in [0.4, 0.5) is 0 Å². The molecule has 19 heavy (non-hydrogen) atoms. The van der Waals surface area contributed by atoms with Gasteiger partial charge in [0.1, 0.15) is 0 Å². The first-order valence-corrected chi connectivity index (χ1v) is 7.93. The highest BCUT2D eigenvalue weighted by atomic mass is 32.2. The second-order valence-corrected chi connectivity index (χ2v) is 6.39. The summed E-state index contributed by atoms with van der Waals surface area (Å²) in [7, 11) is -3.48. The number of aryl methyl sites for hydroxylation is 1. The van der Waals surface area contributed by atoms with Gasteiger partial charge in [0.25, 0.3) is 0 Å². The highest BCUT2D eigenvalue weighted by molar-refractivity contribution is 7.89. The highest BCUT2D eigenvalue weighted by Gasteiger charge is 2.16. The molecule has 1 rings (SSSR count). The molecule has 0 aliphatic heterocycles. The van der Waals surface area contributed by atoms with Gasteiger partial charge in [0.05, 0.1) is 16.5 Å². The first-order chi connectivity index (χ1) is 8.94. The van der Waals surface area contributed by atoms with E-state index in [-0.39, 0.29) is 4.90 Å². The van der Waals surface area contributed by atoms with Crippen LogP contribution in [-0.4, -0.2) is 15.0 Å².